The van der Waals surface area contributed by atoms with E-state index >= 15 is 0 Å². The van der Waals surface area contributed by atoms with Crippen LogP contribution in [-0.2, 0) is 0 Å². The minimum Gasteiger partial charge on any atom is -0.377 e. The van der Waals surface area contributed by atoms with Gasteiger partial charge < -0.3 is 4.90 Å². The predicted octanol–water partition coefficient (Wildman–Crippen LogP) is 4.96. The van der Waals surface area contributed by atoms with E-state index in [0.717, 1.165) is 0 Å². The van der Waals surface area contributed by atoms with Gasteiger partial charge in [0.05, 0.1) is 0 Å². The molecule has 0 aliphatic heterocycles. The summed E-state index contributed by atoms with van der Waals surface area (Å²) < 4.78 is 0. The Morgan fingerprint density at radius 1 is 0.650 bits per heavy atom. The molecular formula is C19H17N. The van der Waals surface area contributed by atoms with Crippen molar-refractivity contribution in [1.29, 1.82) is 0 Å². The zero-order chi connectivity index (χ0) is 13.9. The molecule has 0 aliphatic carbocycles. The van der Waals surface area contributed by atoms with Crippen LogP contribution >= 0.6 is 0 Å². The van der Waals surface area contributed by atoms with Crippen LogP contribution in [0.25, 0.3) is 32.3 Å². The smallest absolute Gasteiger partial charge is 0.0441 e. The van der Waals surface area contributed by atoms with Crippen LogP contribution in [0.15, 0.2) is 48.5 Å². The largest absolute Gasteiger partial charge is 0.377 e. The van der Waals surface area contributed by atoms with Gasteiger partial charge in [-0.2, -0.15) is 0 Å². The molecule has 0 aliphatic rings. The SMILES string of the molecule is Cc1ccc2ccc3c(N(C)C)ccc4ccc1c2c43. The Hall–Kier alpha value is -2.28. The van der Waals surface area contributed by atoms with E-state index in [-0.39, 0.29) is 0 Å². The number of aryl methyl sites for hydroxylation is 1. The molecule has 4 aromatic carbocycles. The first-order valence-electron chi connectivity index (χ1n) is 7.01. The molecule has 0 atom stereocenters. The van der Waals surface area contributed by atoms with Crippen LogP contribution in [0.4, 0.5) is 5.69 Å². The summed E-state index contributed by atoms with van der Waals surface area (Å²) in [6, 6.07) is 17.9. The maximum Gasteiger partial charge on any atom is 0.0441 e. The zero-order valence-corrected chi connectivity index (χ0v) is 12.1. The molecule has 0 amide bonds. The van der Waals surface area contributed by atoms with Gasteiger partial charge in [-0.25, -0.2) is 0 Å². The van der Waals surface area contributed by atoms with Crippen molar-refractivity contribution >= 4 is 38.0 Å². The average Bonchev–Trinajstić information content (AvgIpc) is 2.46. The highest BCUT2D eigenvalue weighted by Crippen LogP contribution is 2.39. The second-order valence-electron chi connectivity index (χ2n) is 5.78. The van der Waals surface area contributed by atoms with Crippen LogP contribution in [0.2, 0.25) is 0 Å². The van der Waals surface area contributed by atoms with Crippen molar-refractivity contribution < 1.29 is 0 Å². The summed E-state index contributed by atoms with van der Waals surface area (Å²) in [5.74, 6) is 0. The standard InChI is InChI=1S/C19H17N/c1-12-4-5-13-7-10-16-17(20(2)3)11-8-14-6-9-15(12)18(13)19(14)16/h4-11H,1-3H3. The zero-order valence-electron chi connectivity index (χ0n) is 12.1. The fourth-order valence-electron chi connectivity index (χ4n) is 3.32. The maximum atomic E-state index is 2.26. The lowest BCUT2D eigenvalue weighted by Gasteiger charge is -2.19. The van der Waals surface area contributed by atoms with Crippen molar-refractivity contribution in [3.8, 4) is 0 Å². The molecule has 1 nitrogen and oxygen atoms in total. The second-order valence-corrected chi connectivity index (χ2v) is 5.78. The molecule has 0 saturated carbocycles. The molecule has 0 N–H and O–H groups in total. The summed E-state index contributed by atoms with van der Waals surface area (Å²) in [7, 11) is 4.22. The topological polar surface area (TPSA) is 3.24 Å². The summed E-state index contributed by atoms with van der Waals surface area (Å²) in [5.41, 5.74) is 2.63. The van der Waals surface area contributed by atoms with Gasteiger partial charge in [0, 0.05) is 25.2 Å². The highest BCUT2D eigenvalue weighted by molar-refractivity contribution is 6.25. The molecule has 0 heterocycles. The van der Waals surface area contributed by atoms with Gasteiger partial charge in [-0.15, -0.1) is 0 Å². The van der Waals surface area contributed by atoms with E-state index in [4.69, 9.17) is 0 Å². The Balaban J connectivity index is 2.35. The van der Waals surface area contributed by atoms with Crippen LogP contribution in [0, 0.1) is 6.92 Å². The summed E-state index contributed by atoms with van der Waals surface area (Å²) in [6.45, 7) is 2.19. The van der Waals surface area contributed by atoms with Gasteiger partial charge in [-0.05, 0) is 45.5 Å². The van der Waals surface area contributed by atoms with E-state index in [1.165, 1.54) is 43.6 Å². The fourth-order valence-corrected chi connectivity index (χ4v) is 3.32. The van der Waals surface area contributed by atoms with Crippen LogP contribution in [0.5, 0.6) is 0 Å². The highest BCUT2D eigenvalue weighted by atomic mass is 15.1. The normalized spacial score (nSPS) is 11.8. The van der Waals surface area contributed by atoms with E-state index in [0.29, 0.717) is 0 Å². The molecule has 0 saturated heterocycles. The van der Waals surface area contributed by atoms with Gasteiger partial charge in [0.2, 0.25) is 0 Å². The summed E-state index contributed by atoms with van der Waals surface area (Å²) >= 11 is 0. The summed E-state index contributed by atoms with van der Waals surface area (Å²) in [6.07, 6.45) is 0. The summed E-state index contributed by atoms with van der Waals surface area (Å²) in [4.78, 5) is 2.19. The van der Waals surface area contributed by atoms with Crippen LogP contribution in [-0.4, -0.2) is 14.1 Å². The minimum atomic E-state index is 1.29. The predicted molar refractivity (Wildman–Crippen MR) is 89.2 cm³/mol. The van der Waals surface area contributed by atoms with Crippen LogP contribution in [0.3, 0.4) is 0 Å². The second kappa shape index (κ2) is 3.86. The lowest BCUT2D eigenvalue weighted by molar-refractivity contribution is 1.14. The molecule has 4 rings (SSSR count). The lowest BCUT2D eigenvalue weighted by atomic mass is 9.91. The number of benzene rings is 4. The van der Waals surface area contributed by atoms with Crippen LogP contribution < -0.4 is 4.90 Å². The maximum absolute atomic E-state index is 2.26. The Morgan fingerprint density at radius 2 is 1.20 bits per heavy atom. The van der Waals surface area contributed by atoms with E-state index < -0.39 is 0 Å². The summed E-state index contributed by atoms with van der Waals surface area (Å²) in [5, 5.41) is 8.18. The van der Waals surface area contributed by atoms with Gasteiger partial charge in [0.1, 0.15) is 0 Å². The molecule has 0 unspecified atom stereocenters. The van der Waals surface area contributed by atoms with Crippen molar-refractivity contribution in [2.24, 2.45) is 0 Å². The monoisotopic (exact) mass is 259 g/mol. The van der Waals surface area contributed by atoms with Crippen molar-refractivity contribution in [3.05, 3.63) is 54.1 Å². The number of anilines is 1. The lowest BCUT2D eigenvalue weighted by Crippen LogP contribution is -2.09. The van der Waals surface area contributed by atoms with Gasteiger partial charge >= 0.3 is 0 Å². The van der Waals surface area contributed by atoms with Gasteiger partial charge in [0.15, 0.2) is 0 Å². The molecule has 0 aromatic heterocycles. The van der Waals surface area contributed by atoms with E-state index in [9.17, 15) is 0 Å². The molecule has 1 heteroatoms. The molecule has 0 spiro atoms. The molecule has 0 radical (unpaired) electrons. The molecule has 0 fully saturated rings. The van der Waals surface area contributed by atoms with Crippen molar-refractivity contribution in [3.63, 3.8) is 0 Å². The molecule has 4 aromatic rings. The number of hydrogen-bond donors (Lipinski definition) is 0. The first kappa shape index (κ1) is 11.5. The first-order chi connectivity index (χ1) is 9.66. The third-order valence-corrected chi connectivity index (χ3v) is 4.34. The molecule has 0 bridgehead atoms. The van der Waals surface area contributed by atoms with Crippen LogP contribution in [0.1, 0.15) is 5.56 Å². The van der Waals surface area contributed by atoms with E-state index in [1.807, 2.05) is 0 Å². The molecule has 20 heavy (non-hydrogen) atoms. The quantitative estimate of drug-likeness (QED) is 0.437. The number of hydrogen-bond acceptors (Lipinski definition) is 1. The van der Waals surface area contributed by atoms with Gasteiger partial charge in [-0.3, -0.25) is 0 Å². The van der Waals surface area contributed by atoms with Crippen molar-refractivity contribution in [1.82, 2.24) is 0 Å². The molecule has 98 valence electrons. The Labute approximate surface area is 118 Å². The minimum absolute atomic E-state index is 1.29. The first-order valence-corrected chi connectivity index (χ1v) is 7.01. The van der Waals surface area contributed by atoms with Gasteiger partial charge in [-0.1, -0.05) is 42.5 Å². The Kier molecular flexibility index (Phi) is 2.23. The number of nitrogens with zero attached hydrogens (tertiary/aromatic N) is 1. The van der Waals surface area contributed by atoms with Gasteiger partial charge in [0.25, 0.3) is 0 Å². The third kappa shape index (κ3) is 1.38. The molecular weight excluding hydrogens is 242 g/mol. The fraction of sp³-hybridized carbons (Fsp3) is 0.158. The number of rotatable bonds is 1. The van der Waals surface area contributed by atoms with E-state index in [1.54, 1.807) is 0 Å². The third-order valence-electron chi connectivity index (χ3n) is 4.34. The van der Waals surface area contributed by atoms with E-state index in [2.05, 4.69) is 74.4 Å². The average molecular weight is 259 g/mol. The Morgan fingerprint density at radius 3 is 1.90 bits per heavy atom. The Bertz CT molecular complexity index is 935. The van der Waals surface area contributed by atoms with Crippen molar-refractivity contribution in [2.45, 2.75) is 6.92 Å². The van der Waals surface area contributed by atoms with Crippen molar-refractivity contribution in [2.75, 3.05) is 19.0 Å². The highest BCUT2D eigenvalue weighted by Gasteiger charge is 2.12.